The van der Waals surface area contributed by atoms with Crippen molar-refractivity contribution >= 4 is 23.4 Å². The van der Waals surface area contributed by atoms with Gasteiger partial charge < -0.3 is 4.57 Å². The summed E-state index contributed by atoms with van der Waals surface area (Å²) in [6, 6.07) is 12.1. The summed E-state index contributed by atoms with van der Waals surface area (Å²) in [5.41, 5.74) is 3.41. The van der Waals surface area contributed by atoms with Gasteiger partial charge in [-0.05, 0) is 18.6 Å². The lowest BCUT2D eigenvalue weighted by atomic mass is 10.1. The van der Waals surface area contributed by atoms with Crippen LogP contribution in [0, 0.1) is 6.92 Å². The summed E-state index contributed by atoms with van der Waals surface area (Å²) in [4.78, 5) is 4.08. The normalized spacial score (nSPS) is 10.9. The Kier molecular flexibility index (Phi) is 4.45. The zero-order valence-corrected chi connectivity index (χ0v) is 13.9. The number of nitrogens with zero attached hydrogens (tertiary/aromatic N) is 4. The first-order valence-electron chi connectivity index (χ1n) is 6.83. The van der Waals surface area contributed by atoms with Crippen LogP contribution in [-0.4, -0.2) is 19.7 Å². The van der Waals surface area contributed by atoms with Gasteiger partial charge in [0.05, 0.1) is 0 Å². The van der Waals surface area contributed by atoms with Crippen LogP contribution >= 0.6 is 23.4 Å². The monoisotopic (exact) mass is 330 g/mol. The zero-order chi connectivity index (χ0) is 15.5. The number of hydrogen-bond acceptors (Lipinski definition) is 4. The van der Waals surface area contributed by atoms with Gasteiger partial charge in [-0.15, -0.1) is 10.2 Å². The van der Waals surface area contributed by atoms with Crippen molar-refractivity contribution in [3.8, 4) is 11.4 Å². The van der Waals surface area contributed by atoms with Gasteiger partial charge >= 0.3 is 0 Å². The van der Waals surface area contributed by atoms with Crippen LogP contribution in [0.15, 0.2) is 47.8 Å². The highest BCUT2D eigenvalue weighted by molar-refractivity contribution is 7.98. The Bertz CT molecular complexity index is 766. The molecule has 6 heteroatoms. The van der Waals surface area contributed by atoms with Gasteiger partial charge in [-0.25, -0.2) is 4.98 Å². The summed E-state index contributed by atoms with van der Waals surface area (Å²) in [5.74, 6) is 1.65. The predicted octanol–water partition coefficient (Wildman–Crippen LogP) is 4.13. The fourth-order valence-corrected chi connectivity index (χ4v) is 2.99. The average Bonchev–Trinajstić information content (AvgIpc) is 2.89. The average molecular weight is 331 g/mol. The molecule has 0 N–H and O–H groups in total. The number of halogens is 1. The molecule has 3 rings (SSSR count). The third-order valence-electron chi connectivity index (χ3n) is 3.30. The Morgan fingerprint density at radius 1 is 1.09 bits per heavy atom. The Labute approximate surface area is 138 Å². The molecule has 2 aromatic heterocycles. The second kappa shape index (κ2) is 6.50. The van der Waals surface area contributed by atoms with Crippen LogP contribution in [0.25, 0.3) is 11.4 Å². The Hall–Kier alpha value is -1.85. The SMILES string of the molecule is Cc1ccc(-c2nnc(SCc3ccc(Cl)nc3)n2C)cc1. The molecule has 1 aromatic carbocycles. The van der Waals surface area contributed by atoms with Crippen LogP contribution < -0.4 is 0 Å². The van der Waals surface area contributed by atoms with Crippen molar-refractivity contribution in [2.75, 3.05) is 0 Å². The molecule has 112 valence electrons. The van der Waals surface area contributed by atoms with Crippen LogP contribution in [0.3, 0.4) is 0 Å². The second-order valence-electron chi connectivity index (χ2n) is 5.01. The van der Waals surface area contributed by atoms with E-state index in [0.29, 0.717) is 5.15 Å². The molecule has 4 nitrogen and oxygen atoms in total. The molecule has 0 spiro atoms. The minimum absolute atomic E-state index is 0.508. The van der Waals surface area contributed by atoms with Crippen LogP contribution in [0.4, 0.5) is 0 Å². The molecule has 0 bridgehead atoms. The molecule has 22 heavy (non-hydrogen) atoms. The molecule has 0 unspecified atom stereocenters. The Morgan fingerprint density at radius 3 is 2.55 bits per heavy atom. The standard InChI is InChI=1S/C16H15ClN4S/c1-11-3-6-13(7-4-11)15-19-20-16(21(15)2)22-10-12-5-8-14(17)18-9-12/h3-9H,10H2,1-2H3. The van der Waals surface area contributed by atoms with Crippen molar-refractivity contribution in [3.05, 3.63) is 58.9 Å². The third-order valence-corrected chi connectivity index (χ3v) is 4.62. The Balaban J connectivity index is 1.75. The largest absolute Gasteiger partial charge is 0.305 e. The van der Waals surface area contributed by atoms with E-state index >= 15 is 0 Å². The summed E-state index contributed by atoms with van der Waals surface area (Å²) in [6.45, 7) is 2.07. The van der Waals surface area contributed by atoms with Gasteiger partial charge in [0.1, 0.15) is 5.15 Å². The lowest BCUT2D eigenvalue weighted by Crippen LogP contribution is -1.95. The molecule has 0 radical (unpaired) electrons. The van der Waals surface area contributed by atoms with Crippen LogP contribution in [-0.2, 0) is 12.8 Å². The van der Waals surface area contributed by atoms with Crippen molar-refractivity contribution in [1.82, 2.24) is 19.7 Å². The van der Waals surface area contributed by atoms with Gasteiger partial charge in [0, 0.05) is 24.6 Å². The highest BCUT2D eigenvalue weighted by Crippen LogP contribution is 2.25. The molecule has 0 saturated heterocycles. The highest BCUT2D eigenvalue weighted by atomic mass is 35.5. The van der Waals surface area contributed by atoms with E-state index < -0.39 is 0 Å². The first-order valence-corrected chi connectivity index (χ1v) is 8.19. The summed E-state index contributed by atoms with van der Waals surface area (Å²) in [5, 5.41) is 9.96. The number of aromatic nitrogens is 4. The van der Waals surface area contributed by atoms with Crippen molar-refractivity contribution in [2.24, 2.45) is 7.05 Å². The number of benzene rings is 1. The van der Waals surface area contributed by atoms with Crippen molar-refractivity contribution in [3.63, 3.8) is 0 Å². The molecule has 0 aliphatic rings. The predicted molar refractivity (Wildman–Crippen MR) is 90.0 cm³/mol. The molecule has 0 aliphatic heterocycles. The van der Waals surface area contributed by atoms with Crippen molar-refractivity contribution in [1.29, 1.82) is 0 Å². The summed E-state index contributed by atoms with van der Waals surface area (Å²) in [6.07, 6.45) is 1.78. The molecule has 0 atom stereocenters. The molecular formula is C16H15ClN4S. The van der Waals surface area contributed by atoms with E-state index in [1.54, 1.807) is 24.0 Å². The van der Waals surface area contributed by atoms with Crippen LogP contribution in [0.1, 0.15) is 11.1 Å². The third kappa shape index (κ3) is 3.31. The first kappa shape index (κ1) is 15.1. The minimum Gasteiger partial charge on any atom is -0.305 e. The Morgan fingerprint density at radius 2 is 1.86 bits per heavy atom. The van der Waals surface area contributed by atoms with Gasteiger partial charge in [-0.2, -0.15) is 0 Å². The number of hydrogen-bond donors (Lipinski definition) is 0. The molecule has 0 aliphatic carbocycles. The smallest absolute Gasteiger partial charge is 0.191 e. The molecule has 2 heterocycles. The minimum atomic E-state index is 0.508. The summed E-state index contributed by atoms with van der Waals surface area (Å²) >= 11 is 7.42. The van der Waals surface area contributed by atoms with Gasteiger partial charge in [-0.1, -0.05) is 59.3 Å². The number of thioether (sulfide) groups is 1. The maximum atomic E-state index is 5.79. The van der Waals surface area contributed by atoms with Gasteiger partial charge in [-0.3, -0.25) is 0 Å². The lowest BCUT2D eigenvalue weighted by molar-refractivity contribution is 0.793. The first-order chi connectivity index (χ1) is 10.6. The quantitative estimate of drug-likeness (QED) is 0.533. The van der Waals surface area contributed by atoms with Gasteiger partial charge in [0.25, 0.3) is 0 Å². The topological polar surface area (TPSA) is 43.6 Å². The number of pyridine rings is 1. The van der Waals surface area contributed by atoms with Crippen molar-refractivity contribution in [2.45, 2.75) is 17.8 Å². The van der Waals surface area contributed by atoms with E-state index in [-0.39, 0.29) is 0 Å². The van der Waals surface area contributed by atoms with Gasteiger partial charge in [0.2, 0.25) is 0 Å². The summed E-state index contributed by atoms with van der Waals surface area (Å²) < 4.78 is 2.01. The maximum Gasteiger partial charge on any atom is 0.191 e. The van der Waals surface area contributed by atoms with Crippen LogP contribution in [0.5, 0.6) is 0 Å². The van der Waals surface area contributed by atoms with E-state index in [9.17, 15) is 0 Å². The van der Waals surface area contributed by atoms with Crippen molar-refractivity contribution < 1.29 is 0 Å². The molecule has 3 aromatic rings. The second-order valence-corrected chi connectivity index (χ2v) is 6.34. The fraction of sp³-hybridized carbons (Fsp3) is 0.188. The molecule has 0 fully saturated rings. The molecule has 0 saturated carbocycles. The number of rotatable bonds is 4. The number of aryl methyl sites for hydroxylation is 1. The fourth-order valence-electron chi connectivity index (χ4n) is 2.03. The van der Waals surface area contributed by atoms with Gasteiger partial charge in [0.15, 0.2) is 11.0 Å². The van der Waals surface area contributed by atoms with E-state index in [1.165, 1.54) is 5.56 Å². The summed E-state index contributed by atoms with van der Waals surface area (Å²) in [7, 11) is 1.98. The van der Waals surface area contributed by atoms with E-state index in [1.807, 2.05) is 17.7 Å². The molecule has 0 amide bonds. The van der Waals surface area contributed by atoms with E-state index in [0.717, 1.165) is 27.9 Å². The highest BCUT2D eigenvalue weighted by Gasteiger charge is 2.11. The maximum absolute atomic E-state index is 5.79. The zero-order valence-electron chi connectivity index (χ0n) is 12.3. The van der Waals surface area contributed by atoms with Crippen LogP contribution in [0.2, 0.25) is 5.15 Å². The van der Waals surface area contributed by atoms with E-state index in [4.69, 9.17) is 11.6 Å². The lowest BCUT2D eigenvalue weighted by Gasteiger charge is -2.04. The molecular weight excluding hydrogens is 316 g/mol. The van der Waals surface area contributed by atoms with E-state index in [2.05, 4.69) is 46.4 Å².